The third kappa shape index (κ3) is 4.30. The summed E-state index contributed by atoms with van der Waals surface area (Å²) in [7, 11) is 3.11. The zero-order chi connectivity index (χ0) is 22.0. The molecule has 31 heavy (non-hydrogen) atoms. The summed E-state index contributed by atoms with van der Waals surface area (Å²) >= 11 is 0. The molecular formula is C24H25N3O4. The van der Waals surface area contributed by atoms with Crippen LogP contribution in [0.1, 0.15) is 27.3 Å². The van der Waals surface area contributed by atoms with Gasteiger partial charge in [0.25, 0.3) is 5.91 Å². The van der Waals surface area contributed by atoms with Gasteiger partial charge < -0.3 is 19.5 Å². The second kappa shape index (κ2) is 8.63. The number of hydrogen-bond acceptors (Lipinski definition) is 6. The minimum absolute atomic E-state index is 0.161. The predicted octanol–water partition coefficient (Wildman–Crippen LogP) is 3.51. The van der Waals surface area contributed by atoms with E-state index >= 15 is 0 Å². The average Bonchev–Trinajstić information content (AvgIpc) is 3.22. The Hall–Kier alpha value is -3.61. The number of fused-ring (bicyclic) bond motifs is 1. The van der Waals surface area contributed by atoms with Gasteiger partial charge in [-0.1, -0.05) is 12.1 Å². The zero-order valence-corrected chi connectivity index (χ0v) is 18.1. The summed E-state index contributed by atoms with van der Waals surface area (Å²) in [6.07, 6.45) is 2.31. The summed E-state index contributed by atoms with van der Waals surface area (Å²) < 4.78 is 16.7. The number of carbonyl (C=O) groups excluding carboxylic acids is 1. The van der Waals surface area contributed by atoms with Crippen LogP contribution in [0.5, 0.6) is 17.2 Å². The highest BCUT2D eigenvalue weighted by Crippen LogP contribution is 2.38. The second-order valence-corrected chi connectivity index (χ2v) is 7.49. The van der Waals surface area contributed by atoms with E-state index in [0.29, 0.717) is 30.0 Å². The molecule has 0 fully saturated rings. The third-order valence-corrected chi connectivity index (χ3v) is 5.26. The van der Waals surface area contributed by atoms with Gasteiger partial charge in [0, 0.05) is 29.8 Å². The Kier molecular flexibility index (Phi) is 5.75. The maximum atomic E-state index is 12.7. The molecule has 1 N–H and O–H groups in total. The fraction of sp³-hybridized carbons (Fsp3) is 0.292. The van der Waals surface area contributed by atoms with E-state index in [1.165, 1.54) is 0 Å². The molecule has 0 saturated carbocycles. The molecule has 1 amide bonds. The number of rotatable bonds is 6. The number of para-hydroxylation sites is 1. The monoisotopic (exact) mass is 419 g/mol. The Bertz CT molecular complexity index is 1110. The third-order valence-electron chi connectivity index (χ3n) is 5.26. The Balaban J connectivity index is 1.48. The maximum absolute atomic E-state index is 12.7. The molecule has 7 nitrogen and oxygen atoms in total. The van der Waals surface area contributed by atoms with Crippen molar-refractivity contribution in [2.45, 2.75) is 26.4 Å². The van der Waals surface area contributed by atoms with Crippen LogP contribution in [0.4, 0.5) is 0 Å². The van der Waals surface area contributed by atoms with Crippen molar-refractivity contribution in [3.8, 4) is 28.5 Å². The van der Waals surface area contributed by atoms with E-state index in [1.54, 1.807) is 38.6 Å². The minimum Gasteiger partial charge on any atom is -0.497 e. The van der Waals surface area contributed by atoms with E-state index < -0.39 is 0 Å². The van der Waals surface area contributed by atoms with Gasteiger partial charge >= 0.3 is 0 Å². The highest BCUT2D eigenvalue weighted by molar-refractivity contribution is 5.95. The number of aryl methyl sites for hydroxylation is 2. The van der Waals surface area contributed by atoms with Gasteiger partial charge in [0.15, 0.2) is 0 Å². The molecule has 1 aliphatic heterocycles. The summed E-state index contributed by atoms with van der Waals surface area (Å²) in [4.78, 5) is 21.8. The molecule has 0 aliphatic carbocycles. The highest BCUT2D eigenvalue weighted by atomic mass is 16.5. The largest absolute Gasteiger partial charge is 0.497 e. The number of ether oxygens (including phenoxy) is 3. The Morgan fingerprint density at radius 2 is 1.90 bits per heavy atom. The Labute approximate surface area is 181 Å². The molecule has 160 valence electrons. The lowest BCUT2D eigenvalue weighted by Gasteiger charge is -2.14. The molecule has 1 aliphatic rings. The first kappa shape index (κ1) is 20.7. The molecule has 3 aromatic rings. The van der Waals surface area contributed by atoms with Crippen molar-refractivity contribution in [3.05, 3.63) is 65.1 Å². The molecule has 1 unspecified atom stereocenters. The molecule has 4 rings (SSSR count). The standard InChI is InChI=1S/C24H25N3O4/c1-14-12-25-15(2)22(27-14)21-7-5-6-16-8-20(31-23(16)21)13-26-24(28)17-9-18(29-3)11-19(10-17)30-4/h5-7,9-12,20H,8,13H2,1-4H3,(H,26,28). The van der Waals surface area contributed by atoms with Crippen LogP contribution >= 0.6 is 0 Å². The van der Waals surface area contributed by atoms with Gasteiger partial charge in [0.05, 0.1) is 37.8 Å². The summed E-state index contributed by atoms with van der Waals surface area (Å²) in [5, 5.41) is 2.96. The molecule has 7 heteroatoms. The number of hydrogen-bond donors (Lipinski definition) is 1. The molecular weight excluding hydrogens is 394 g/mol. The molecule has 2 aromatic carbocycles. The van der Waals surface area contributed by atoms with Crippen LogP contribution in [0.2, 0.25) is 0 Å². The lowest BCUT2D eigenvalue weighted by Crippen LogP contribution is -2.34. The number of methoxy groups -OCH3 is 2. The van der Waals surface area contributed by atoms with Crippen LogP contribution in [0.25, 0.3) is 11.3 Å². The van der Waals surface area contributed by atoms with E-state index in [9.17, 15) is 4.79 Å². The van der Waals surface area contributed by atoms with E-state index in [2.05, 4.69) is 15.3 Å². The topological polar surface area (TPSA) is 82.6 Å². The smallest absolute Gasteiger partial charge is 0.251 e. The normalized spacial score (nSPS) is 14.5. The molecule has 0 saturated heterocycles. The Morgan fingerprint density at radius 3 is 2.61 bits per heavy atom. The molecule has 1 aromatic heterocycles. The van der Waals surface area contributed by atoms with Gasteiger partial charge in [-0.15, -0.1) is 0 Å². The maximum Gasteiger partial charge on any atom is 0.251 e. The summed E-state index contributed by atoms with van der Waals surface area (Å²) in [5.74, 6) is 1.73. The van der Waals surface area contributed by atoms with Gasteiger partial charge in [-0.05, 0) is 37.6 Å². The molecule has 2 heterocycles. The van der Waals surface area contributed by atoms with Crippen LogP contribution in [0.3, 0.4) is 0 Å². The van der Waals surface area contributed by atoms with Crippen molar-refractivity contribution < 1.29 is 19.0 Å². The minimum atomic E-state index is -0.211. The number of amides is 1. The molecule has 0 radical (unpaired) electrons. The summed E-state index contributed by atoms with van der Waals surface area (Å²) in [5.41, 5.74) is 5.03. The Morgan fingerprint density at radius 1 is 1.16 bits per heavy atom. The highest BCUT2D eigenvalue weighted by Gasteiger charge is 2.27. The van der Waals surface area contributed by atoms with Crippen molar-refractivity contribution in [1.82, 2.24) is 15.3 Å². The van der Waals surface area contributed by atoms with Crippen molar-refractivity contribution in [1.29, 1.82) is 0 Å². The van der Waals surface area contributed by atoms with Crippen LogP contribution in [-0.2, 0) is 6.42 Å². The predicted molar refractivity (Wildman–Crippen MR) is 117 cm³/mol. The lowest BCUT2D eigenvalue weighted by molar-refractivity contribution is 0.0933. The zero-order valence-electron chi connectivity index (χ0n) is 18.1. The second-order valence-electron chi connectivity index (χ2n) is 7.49. The van der Waals surface area contributed by atoms with Crippen molar-refractivity contribution >= 4 is 5.91 Å². The van der Waals surface area contributed by atoms with E-state index in [0.717, 1.165) is 34.0 Å². The van der Waals surface area contributed by atoms with Crippen LogP contribution in [-0.4, -0.2) is 42.7 Å². The van der Waals surface area contributed by atoms with Crippen LogP contribution in [0.15, 0.2) is 42.6 Å². The van der Waals surface area contributed by atoms with E-state index in [4.69, 9.17) is 14.2 Å². The molecule has 0 bridgehead atoms. The van der Waals surface area contributed by atoms with E-state index in [1.807, 2.05) is 32.0 Å². The van der Waals surface area contributed by atoms with Gasteiger partial charge in [0.2, 0.25) is 0 Å². The number of aromatic nitrogens is 2. The first-order valence-electron chi connectivity index (χ1n) is 10.1. The molecule has 0 spiro atoms. The fourth-order valence-electron chi connectivity index (χ4n) is 3.68. The average molecular weight is 419 g/mol. The lowest BCUT2D eigenvalue weighted by atomic mass is 10.0. The van der Waals surface area contributed by atoms with Gasteiger partial charge in [-0.2, -0.15) is 0 Å². The van der Waals surface area contributed by atoms with E-state index in [-0.39, 0.29) is 12.0 Å². The van der Waals surface area contributed by atoms with Crippen molar-refractivity contribution in [3.63, 3.8) is 0 Å². The number of nitrogens with one attached hydrogen (secondary N) is 1. The first-order valence-corrected chi connectivity index (χ1v) is 10.1. The van der Waals surface area contributed by atoms with Crippen molar-refractivity contribution in [2.75, 3.05) is 20.8 Å². The quantitative estimate of drug-likeness (QED) is 0.658. The van der Waals surface area contributed by atoms with Gasteiger partial charge in [-0.3, -0.25) is 9.78 Å². The summed E-state index contributed by atoms with van der Waals surface area (Å²) in [6.45, 7) is 4.24. The number of benzene rings is 2. The van der Waals surface area contributed by atoms with Crippen LogP contribution < -0.4 is 19.5 Å². The fourth-order valence-corrected chi connectivity index (χ4v) is 3.68. The van der Waals surface area contributed by atoms with Gasteiger partial charge in [-0.25, -0.2) is 4.98 Å². The van der Waals surface area contributed by atoms with Crippen LogP contribution in [0, 0.1) is 13.8 Å². The first-order chi connectivity index (χ1) is 15.0. The summed E-state index contributed by atoms with van der Waals surface area (Å²) in [6, 6.07) is 11.1. The number of carbonyl (C=O) groups is 1. The SMILES string of the molecule is COc1cc(OC)cc(C(=O)NCC2Cc3cccc(-c4nc(C)cnc4C)c3O2)c1. The van der Waals surface area contributed by atoms with Gasteiger partial charge in [0.1, 0.15) is 23.4 Å². The number of nitrogens with zero attached hydrogens (tertiary/aromatic N) is 2. The molecule has 1 atom stereocenters. The van der Waals surface area contributed by atoms with Crippen molar-refractivity contribution in [2.24, 2.45) is 0 Å².